The number of ether oxygens (including phenoxy) is 3. The van der Waals surface area contributed by atoms with Gasteiger partial charge in [0.05, 0.1) is 31.2 Å². The zero-order chi connectivity index (χ0) is 26.1. The number of aromatic amines is 1. The molecule has 1 aliphatic rings. The second-order valence-corrected chi connectivity index (χ2v) is 8.78. The van der Waals surface area contributed by atoms with Gasteiger partial charge in [-0.15, -0.1) is 0 Å². The Balaban J connectivity index is 1.57. The third-order valence-electron chi connectivity index (χ3n) is 6.06. The summed E-state index contributed by atoms with van der Waals surface area (Å²) in [6.45, 7) is -0.113. The van der Waals surface area contributed by atoms with E-state index in [9.17, 15) is 22.0 Å². The van der Waals surface area contributed by atoms with Crippen LogP contribution < -0.4 is 14.2 Å². The van der Waals surface area contributed by atoms with Crippen molar-refractivity contribution in [3.63, 3.8) is 0 Å². The second kappa shape index (κ2) is 10.1. The van der Waals surface area contributed by atoms with Crippen molar-refractivity contribution in [2.45, 2.75) is 50.3 Å². The molecule has 0 aliphatic heterocycles. The zero-order valence-corrected chi connectivity index (χ0v) is 20.1. The first-order valence-electron chi connectivity index (χ1n) is 11.1. The van der Waals surface area contributed by atoms with Gasteiger partial charge in [0.2, 0.25) is 11.7 Å². The van der Waals surface area contributed by atoms with Crippen molar-refractivity contribution in [1.82, 2.24) is 15.0 Å². The third-order valence-corrected chi connectivity index (χ3v) is 6.34. The molecule has 0 unspecified atom stereocenters. The molecule has 2 aromatic heterocycles. The minimum atomic E-state index is -4.48. The number of hydrogen-bond donors (Lipinski definition) is 1. The Hall–Kier alpha value is -3.08. The molecule has 12 heteroatoms. The van der Waals surface area contributed by atoms with Gasteiger partial charge < -0.3 is 19.2 Å². The molecule has 4 rings (SSSR count). The van der Waals surface area contributed by atoms with Gasteiger partial charge in [-0.05, 0) is 37.1 Å². The maximum atomic E-state index is 13.6. The molecule has 0 radical (unpaired) electrons. The quantitative estimate of drug-likeness (QED) is 0.331. The van der Waals surface area contributed by atoms with E-state index in [2.05, 4.69) is 15.0 Å². The van der Waals surface area contributed by atoms with E-state index in [0.29, 0.717) is 29.9 Å². The van der Waals surface area contributed by atoms with Crippen LogP contribution in [0.2, 0.25) is 5.15 Å². The average Bonchev–Trinajstić information content (AvgIpc) is 3.22. The first kappa shape index (κ1) is 26.0. The number of pyridine rings is 1. The molecule has 6 nitrogen and oxygen atoms in total. The molecule has 1 saturated carbocycles. The number of aromatic nitrogens is 3. The standard InChI is InChI=1S/C24H23ClF5N3O3/c1-34-19-16(18-21(25)33-22(32-18)13-7-9-23(26,27)10-8-13)5-6-17(20(19)35-2)36-12-15-4-3-14(11-31-15)24(28,29)30/h3-6,11,13H,7-10,12H2,1-2H3,(H,32,33). The number of hydrogen-bond acceptors (Lipinski definition) is 5. The van der Waals surface area contributed by atoms with Crippen LogP contribution in [0.15, 0.2) is 30.5 Å². The summed E-state index contributed by atoms with van der Waals surface area (Å²) in [5.41, 5.74) is 0.384. The topological polar surface area (TPSA) is 69.3 Å². The van der Waals surface area contributed by atoms with E-state index >= 15 is 0 Å². The van der Waals surface area contributed by atoms with Crippen molar-refractivity contribution < 1.29 is 36.2 Å². The molecule has 0 spiro atoms. The molecule has 0 amide bonds. The molecule has 2 heterocycles. The van der Waals surface area contributed by atoms with Gasteiger partial charge >= 0.3 is 6.18 Å². The summed E-state index contributed by atoms with van der Waals surface area (Å²) in [7, 11) is 2.84. The Morgan fingerprint density at radius 2 is 1.75 bits per heavy atom. The van der Waals surface area contributed by atoms with E-state index in [1.165, 1.54) is 20.3 Å². The summed E-state index contributed by atoms with van der Waals surface area (Å²) in [6, 6.07) is 5.42. The Morgan fingerprint density at radius 1 is 1.06 bits per heavy atom. The first-order chi connectivity index (χ1) is 17.0. The van der Waals surface area contributed by atoms with Crippen LogP contribution in [-0.2, 0) is 12.8 Å². The predicted octanol–water partition coefficient (Wildman–Crippen LogP) is 7.03. The molecule has 1 aliphatic carbocycles. The fourth-order valence-corrected chi connectivity index (χ4v) is 4.38. The van der Waals surface area contributed by atoms with E-state index in [0.717, 1.165) is 12.3 Å². The highest BCUT2D eigenvalue weighted by Crippen LogP contribution is 2.47. The maximum absolute atomic E-state index is 13.6. The number of nitrogens with one attached hydrogen (secondary N) is 1. The number of halogens is 6. The predicted molar refractivity (Wildman–Crippen MR) is 122 cm³/mol. The number of benzene rings is 1. The van der Waals surface area contributed by atoms with Crippen LogP contribution in [0.1, 0.15) is 48.7 Å². The number of methoxy groups -OCH3 is 2. The summed E-state index contributed by atoms with van der Waals surface area (Å²) in [5.74, 6) is -1.51. The van der Waals surface area contributed by atoms with E-state index in [-0.39, 0.29) is 53.5 Å². The first-order valence-corrected chi connectivity index (χ1v) is 11.4. The lowest BCUT2D eigenvalue weighted by atomic mass is 9.86. The third kappa shape index (κ3) is 5.50. The van der Waals surface area contributed by atoms with Crippen molar-refractivity contribution >= 4 is 11.6 Å². The highest BCUT2D eigenvalue weighted by Gasteiger charge is 2.37. The summed E-state index contributed by atoms with van der Waals surface area (Å²) in [4.78, 5) is 11.3. The van der Waals surface area contributed by atoms with Gasteiger partial charge in [-0.25, -0.2) is 13.8 Å². The van der Waals surface area contributed by atoms with Gasteiger partial charge in [0.1, 0.15) is 12.4 Å². The minimum Gasteiger partial charge on any atom is -0.492 e. The lowest BCUT2D eigenvalue weighted by Crippen LogP contribution is -2.24. The molecule has 194 valence electrons. The fourth-order valence-electron chi connectivity index (χ4n) is 4.13. The van der Waals surface area contributed by atoms with E-state index in [1.807, 2.05) is 0 Å². The van der Waals surface area contributed by atoms with E-state index in [4.69, 9.17) is 25.8 Å². The number of nitrogens with zero attached hydrogens (tertiary/aromatic N) is 2. The number of rotatable bonds is 7. The lowest BCUT2D eigenvalue weighted by molar-refractivity contribution is -0.137. The summed E-state index contributed by atoms with van der Waals surface area (Å²) in [6.07, 6.45) is -3.56. The van der Waals surface area contributed by atoms with E-state index < -0.39 is 17.7 Å². The van der Waals surface area contributed by atoms with Crippen LogP contribution in [0.4, 0.5) is 22.0 Å². The lowest BCUT2D eigenvalue weighted by Gasteiger charge is -2.26. The molecule has 36 heavy (non-hydrogen) atoms. The van der Waals surface area contributed by atoms with Gasteiger partial charge in [0.15, 0.2) is 16.7 Å². The molecule has 3 aromatic rings. The number of H-pyrrole nitrogens is 1. The highest BCUT2D eigenvalue weighted by atomic mass is 35.5. The van der Waals surface area contributed by atoms with Crippen LogP contribution in [0, 0.1) is 0 Å². The minimum absolute atomic E-state index is 0.113. The van der Waals surface area contributed by atoms with Gasteiger partial charge in [0.25, 0.3) is 0 Å². The fraction of sp³-hybridized carbons (Fsp3) is 0.417. The van der Waals surface area contributed by atoms with Crippen LogP contribution in [0.25, 0.3) is 11.3 Å². The molecule has 1 N–H and O–H groups in total. The van der Waals surface area contributed by atoms with Crippen molar-refractivity contribution in [3.8, 4) is 28.5 Å². The van der Waals surface area contributed by atoms with Crippen molar-refractivity contribution in [2.75, 3.05) is 14.2 Å². The van der Waals surface area contributed by atoms with Gasteiger partial charge in [-0.1, -0.05) is 11.6 Å². The molecular weight excluding hydrogens is 509 g/mol. The van der Waals surface area contributed by atoms with Crippen LogP contribution in [0.5, 0.6) is 17.2 Å². The van der Waals surface area contributed by atoms with Crippen molar-refractivity contribution in [2.24, 2.45) is 0 Å². The smallest absolute Gasteiger partial charge is 0.417 e. The summed E-state index contributed by atoms with van der Waals surface area (Å²) < 4.78 is 82.1. The molecule has 0 saturated heterocycles. The Bertz CT molecular complexity index is 1200. The largest absolute Gasteiger partial charge is 0.492 e. The second-order valence-electron chi connectivity index (χ2n) is 8.42. The normalized spacial score (nSPS) is 16.1. The monoisotopic (exact) mass is 531 g/mol. The van der Waals surface area contributed by atoms with Crippen LogP contribution in [-0.4, -0.2) is 35.1 Å². The molecule has 0 atom stereocenters. The van der Waals surface area contributed by atoms with Crippen LogP contribution >= 0.6 is 11.6 Å². The van der Waals surface area contributed by atoms with Crippen molar-refractivity contribution in [1.29, 1.82) is 0 Å². The summed E-state index contributed by atoms with van der Waals surface area (Å²) >= 11 is 6.40. The number of alkyl halides is 5. The molecular formula is C24H23ClF5N3O3. The summed E-state index contributed by atoms with van der Waals surface area (Å²) in [5, 5.41) is 0.158. The SMILES string of the molecule is COc1c(OCc2ccc(C(F)(F)F)cn2)ccc(-c2[nH]c(C3CCC(F)(F)CC3)nc2Cl)c1OC. The average molecular weight is 532 g/mol. The highest BCUT2D eigenvalue weighted by molar-refractivity contribution is 6.32. The van der Waals surface area contributed by atoms with Gasteiger partial charge in [-0.2, -0.15) is 13.2 Å². The number of imidazole rings is 1. The Labute approximate surface area is 208 Å². The van der Waals surface area contributed by atoms with Gasteiger partial charge in [0, 0.05) is 30.5 Å². The van der Waals surface area contributed by atoms with E-state index in [1.54, 1.807) is 12.1 Å². The molecule has 1 aromatic carbocycles. The maximum Gasteiger partial charge on any atom is 0.417 e. The Morgan fingerprint density at radius 3 is 2.33 bits per heavy atom. The Kier molecular flexibility index (Phi) is 7.31. The molecule has 0 bridgehead atoms. The van der Waals surface area contributed by atoms with Crippen LogP contribution in [0.3, 0.4) is 0 Å². The molecule has 1 fully saturated rings. The van der Waals surface area contributed by atoms with Gasteiger partial charge in [-0.3, -0.25) is 4.98 Å². The van der Waals surface area contributed by atoms with Crippen molar-refractivity contribution in [3.05, 3.63) is 52.7 Å². The zero-order valence-electron chi connectivity index (χ0n) is 19.4.